The minimum atomic E-state index is -1.67. The molecule has 1 aliphatic carbocycles. The van der Waals surface area contributed by atoms with E-state index in [1.165, 1.54) is 22.4 Å². The summed E-state index contributed by atoms with van der Waals surface area (Å²) < 4.78 is 6.47. The first-order valence-corrected chi connectivity index (χ1v) is 10.2. The Morgan fingerprint density at radius 3 is 1.86 bits per heavy atom. The quantitative estimate of drug-likeness (QED) is 0.761. The van der Waals surface area contributed by atoms with Crippen molar-refractivity contribution in [2.45, 2.75) is 47.1 Å². The summed E-state index contributed by atoms with van der Waals surface area (Å²) in [6, 6.07) is 0. The Morgan fingerprint density at radius 2 is 1.52 bits per heavy atom. The molecule has 0 heterocycles. The number of hydrogen-bond donors (Lipinski definition) is 1. The molecule has 1 N–H and O–H groups in total. The van der Waals surface area contributed by atoms with Crippen molar-refractivity contribution in [3.05, 3.63) is 32.5 Å². The molecule has 0 aliphatic heterocycles. The fourth-order valence-corrected chi connectivity index (χ4v) is 7.95. The summed E-state index contributed by atoms with van der Waals surface area (Å²) in [5, 5.41) is 3.67. The van der Waals surface area contributed by atoms with Gasteiger partial charge in [-0.1, -0.05) is 0 Å². The summed E-state index contributed by atoms with van der Waals surface area (Å²) in [5.41, 5.74) is 5.66. The molecule has 0 unspecified atom stereocenters. The monoisotopic (exact) mass is 376 g/mol. The molecule has 3 nitrogen and oxygen atoms in total. The second kappa shape index (κ2) is 6.81. The van der Waals surface area contributed by atoms with Crippen LogP contribution in [0.4, 0.5) is 0 Å². The van der Waals surface area contributed by atoms with Crippen molar-refractivity contribution in [2.24, 2.45) is 0 Å². The number of rotatable bonds is 4. The minimum absolute atomic E-state index is 0.0894. The van der Waals surface area contributed by atoms with E-state index in [0.717, 1.165) is 0 Å². The normalized spacial score (nSPS) is 16.4. The summed E-state index contributed by atoms with van der Waals surface area (Å²) in [6.07, 6.45) is 2.35. The van der Waals surface area contributed by atoms with Gasteiger partial charge in [0.2, 0.25) is 0 Å². The topological polar surface area (TPSA) is 18.5 Å². The molecule has 0 aromatic carbocycles. The molecule has 0 radical (unpaired) electrons. The first kappa shape index (κ1) is 18.7. The number of hydrogen-bond acceptors (Lipinski definition) is 3. The Hall–Kier alpha value is -0.372. The molecule has 0 saturated carbocycles. The molecule has 1 aliphatic rings. The summed E-state index contributed by atoms with van der Waals surface area (Å²) in [4.78, 5) is 0. The van der Waals surface area contributed by atoms with Gasteiger partial charge in [0.15, 0.2) is 0 Å². The molecule has 0 fully saturated rings. The second-order valence-corrected chi connectivity index (χ2v) is 13.1. The van der Waals surface area contributed by atoms with Crippen molar-refractivity contribution >= 4 is 0 Å². The van der Waals surface area contributed by atoms with Crippen molar-refractivity contribution in [3.63, 3.8) is 0 Å². The zero-order chi connectivity index (χ0) is 16.5. The Kier molecular flexibility index (Phi) is 6.06. The number of allylic oxidation sites excluding steroid dienone is 5. The van der Waals surface area contributed by atoms with Gasteiger partial charge in [0.25, 0.3) is 0 Å². The first-order chi connectivity index (χ1) is 9.45. The summed E-state index contributed by atoms with van der Waals surface area (Å²) >= 11 is -1.67. The molecule has 0 amide bonds. The Bertz CT molecular complexity index is 479. The molecular weight excluding hydrogens is 342 g/mol. The molecule has 0 aromatic rings. The maximum absolute atomic E-state index is 3.67. The van der Waals surface area contributed by atoms with Crippen molar-refractivity contribution in [2.75, 3.05) is 28.2 Å². The molecule has 0 saturated heterocycles. The third kappa shape index (κ3) is 4.55. The summed E-state index contributed by atoms with van der Waals surface area (Å²) in [5.74, 6) is 0. The van der Waals surface area contributed by atoms with Crippen LogP contribution in [-0.4, -0.2) is 40.6 Å². The van der Waals surface area contributed by atoms with E-state index in [0.29, 0.717) is 0 Å². The first-order valence-electron chi connectivity index (χ1n) is 7.44. The van der Waals surface area contributed by atoms with Crippen LogP contribution in [0.3, 0.4) is 0 Å². The molecule has 21 heavy (non-hydrogen) atoms. The van der Waals surface area contributed by atoms with Crippen molar-refractivity contribution < 1.29 is 17.8 Å². The van der Waals surface area contributed by atoms with Crippen LogP contribution in [-0.2, 0) is 17.8 Å². The van der Waals surface area contributed by atoms with Crippen LogP contribution >= 0.6 is 0 Å². The van der Waals surface area contributed by atoms with Gasteiger partial charge in [-0.2, -0.15) is 0 Å². The SMILES string of the molecule is CC(C)=C1C=C(NC(C)(C)C)C(C)=[C]1[Mo]([N](C)C)[N](C)C. The van der Waals surface area contributed by atoms with Crippen LogP contribution in [0.1, 0.15) is 41.5 Å². The van der Waals surface area contributed by atoms with Crippen LogP contribution in [0.25, 0.3) is 0 Å². The number of nitrogens with zero attached hydrogens (tertiary/aromatic N) is 2. The van der Waals surface area contributed by atoms with Crippen LogP contribution < -0.4 is 5.32 Å². The third-order valence-corrected chi connectivity index (χ3v) is 8.79. The van der Waals surface area contributed by atoms with E-state index in [1.54, 1.807) is 3.96 Å². The average Bonchev–Trinajstić information content (AvgIpc) is 2.55. The molecular formula is C17H32MoN3. The van der Waals surface area contributed by atoms with E-state index < -0.39 is 17.8 Å². The Labute approximate surface area is 137 Å². The van der Waals surface area contributed by atoms with E-state index in [1.807, 2.05) is 0 Å². The van der Waals surface area contributed by atoms with Gasteiger partial charge in [0, 0.05) is 0 Å². The molecule has 4 heteroatoms. The van der Waals surface area contributed by atoms with Crippen molar-refractivity contribution in [3.8, 4) is 0 Å². The predicted molar refractivity (Wildman–Crippen MR) is 89.4 cm³/mol. The van der Waals surface area contributed by atoms with Gasteiger partial charge in [0.05, 0.1) is 0 Å². The van der Waals surface area contributed by atoms with Gasteiger partial charge in [-0.15, -0.1) is 0 Å². The second-order valence-electron chi connectivity index (χ2n) is 7.19. The molecule has 0 spiro atoms. The summed E-state index contributed by atoms with van der Waals surface area (Å²) in [7, 11) is 8.87. The van der Waals surface area contributed by atoms with Gasteiger partial charge in [-0.25, -0.2) is 0 Å². The van der Waals surface area contributed by atoms with Crippen LogP contribution in [0, 0.1) is 0 Å². The van der Waals surface area contributed by atoms with Gasteiger partial charge in [0.1, 0.15) is 0 Å². The van der Waals surface area contributed by atoms with Crippen LogP contribution in [0.5, 0.6) is 0 Å². The fourth-order valence-electron chi connectivity index (χ4n) is 2.47. The summed E-state index contributed by atoms with van der Waals surface area (Å²) in [6.45, 7) is 13.4. The van der Waals surface area contributed by atoms with E-state index >= 15 is 0 Å². The van der Waals surface area contributed by atoms with Crippen LogP contribution in [0.2, 0.25) is 0 Å². The van der Waals surface area contributed by atoms with Gasteiger partial charge in [-0.3, -0.25) is 0 Å². The number of nitrogens with one attached hydrogen (secondary N) is 1. The zero-order valence-electron chi connectivity index (χ0n) is 15.4. The average molecular weight is 374 g/mol. The van der Waals surface area contributed by atoms with Crippen LogP contribution in [0.15, 0.2) is 32.5 Å². The van der Waals surface area contributed by atoms with E-state index in [9.17, 15) is 0 Å². The zero-order valence-corrected chi connectivity index (χ0v) is 17.4. The van der Waals surface area contributed by atoms with Gasteiger partial charge < -0.3 is 0 Å². The Morgan fingerprint density at radius 1 is 1.05 bits per heavy atom. The van der Waals surface area contributed by atoms with Crippen molar-refractivity contribution in [1.29, 1.82) is 0 Å². The maximum atomic E-state index is 3.67. The standard InChI is InChI=1S/C13H20N.2C2H6N.Mo/c1-9(2)11-7-10(3)12(8-11)14-13(4,5)6;2*1-3-2;/h8,14H,1-6H3;2*1-2H3;/q;2*-1;+2. The fraction of sp³-hybridized carbons (Fsp3) is 0.647. The van der Waals surface area contributed by atoms with E-state index in [-0.39, 0.29) is 5.54 Å². The predicted octanol–water partition coefficient (Wildman–Crippen LogP) is 3.45. The molecule has 0 aromatic heterocycles. The van der Waals surface area contributed by atoms with Gasteiger partial charge >= 0.3 is 138 Å². The van der Waals surface area contributed by atoms with E-state index in [2.05, 4.69) is 88.0 Å². The Balaban J connectivity index is 3.37. The van der Waals surface area contributed by atoms with E-state index in [4.69, 9.17) is 0 Å². The molecule has 121 valence electrons. The molecule has 0 atom stereocenters. The van der Waals surface area contributed by atoms with Gasteiger partial charge in [-0.05, 0) is 0 Å². The van der Waals surface area contributed by atoms with Crippen molar-refractivity contribution in [1.82, 2.24) is 12.2 Å². The molecule has 1 rings (SSSR count). The molecule has 0 bridgehead atoms. The third-order valence-electron chi connectivity index (χ3n) is 3.20.